The highest BCUT2D eigenvalue weighted by molar-refractivity contribution is 5.79. The predicted molar refractivity (Wildman–Crippen MR) is 62.0 cm³/mol. The molecule has 1 aliphatic heterocycles. The van der Waals surface area contributed by atoms with Gasteiger partial charge in [-0.2, -0.15) is 0 Å². The van der Waals surface area contributed by atoms with E-state index in [2.05, 4.69) is 16.0 Å². The number of carbonyl (C=O) groups excluding carboxylic acids is 2. The molecule has 2 amide bonds. The molecule has 0 aromatic carbocycles. The molecule has 1 fully saturated rings. The van der Waals surface area contributed by atoms with Gasteiger partial charge >= 0.3 is 0 Å². The molecule has 1 heterocycles. The second-order valence-electron chi connectivity index (χ2n) is 4.12. The van der Waals surface area contributed by atoms with Crippen molar-refractivity contribution < 1.29 is 9.59 Å². The summed E-state index contributed by atoms with van der Waals surface area (Å²) in [6, 6.07) is 0.314. The number of hydrogen-bond acceptors (Lipinski definition) is 3. The zero-order valence-corrected chi connectivity index (χ0v) is 9.84. The standard InChI is InChI=1S/C11H21N3O2/c1-12-10(15)5-7-14-11(16)8-9-4-2-3-6-13-9/h9,13H,2-8H2,1H3,(H,12,15)(H,14,16). The number of piperidine rings is 1. The quantitative estimate of drug-likeness (QED) is 0.607. The Labute approximate surface area is 96.4 Å². The summed E-state index contributed by atoms with van der Waals surface area (Å²) in [5.41, 5.74) is 0. The van der Waals surface area contributed by atoms with Crippen LogP contribution in [0, 0.1) is 0 Å². The highest BCUT2D eigenvalue weighted by Gasteiger charge is 2.15. The fraction of sp³-hybridized carbons (Fsp3) is 0.818. The fourth-order valence-electron chi connectivity index (χ4n) is 1.83. The van der Waals surface area contributed by atoms with Gasteiger partial charge in [-0.25, -0.2) is 0 Å². The fourth-order valence-corrected chi connectivity index (χ4v) is 1.83. The van der Waals surface area contributed by atoms with Gasteiger partial charge in [0, 0.05) is 32.5 Å². The molecule has 5 nitrogen and oxygen atoms in total. The molecule has 1 aliphatic rings. The molecule has 0 bridgehead atoms. The lowest BCUT2D eigenvalue weighted by Gasteiger charge is -2.22. The van der Waals surface area contributed by atoms with E-state index in [0.717, 1.165) is 13.0 Å². The number of rotatable bonds is 5. The molecule has 1 atom stereocenters. The first-order chi connectivity index (χ1) is 7.72. The van der Waals surface area contributed by atoms with Gasteiger partial charge in [0.15, 0.2) is 0 Å². The van der Waals surface area contributed by atoms with Gasteiger partial charge in [-0.15, -0.1) is 0 Å². The minimum atomic E-state index is -0.0453. The molecule has 0 aromatic rings. The lowest BCUT2D eigenvalue weighted by atomic mass is 10.0. The second-order valence-corrected chi connectivity index (χ2v) is 4.12. The lowest BCUT2D eigenvalue weighted by molar-refractivity contribution is -0.122. The maximum atomic E-state index is 11.5. The van der Waals surface area contributed by atoms with Gasteiger partial charge in [0.05, 0.1) is 0 Å². The molecule has 0 saturated carbocycles. The Morgan fingerprint density at radius 2 is 2.12 bits per heavy atom. The minimum Gasteiger partial charge on any atom is -0.359 e. The smallest absolute Gasteiger partial charge is 0.221 e. The third-order valence-corrected chi connectivity index (χ3v) is 2.80. The molecule has 0 spiro atoms. The number of hydrogen-bond donors (Lipinski definition) is 3. The van der Waals surface area contributed by atoms with Crippen LogP contribution in [0.5, 0.6) is 0 Å². The zero-order chi connectivity index (χ0) is 11.8. The topological polar surface area (TPSA) is 70.2 Å². The van der Waals surface area contributed by atoms with Crippen molar-refractivity contribution in [1.29, 1.82) is 0 Å². The van der Waals surface area contributed by atoms with E-state index in [1.807, 2.05) is 0 Å². The Morgan fingerprint density at radius 1 is 1.31 bits per heavy atom. The molecule has 1 saturated heterocycles. The van der Waals surface area contributed by atoms with Gasteiger partial charge in [-0.05, 0) is 19.4 Å². The zero-order valence-electron chi connectivity index (χ0n) is 9.84. The molecule has 1 unspecified atom stereocenters. The predicted octanol–water partition coefficient (Wildman–Crippen LogP) is -0.229. The lowest BCUT2D eigenvalue weighted by Crippen LogP contribution is -2.39. The van der Waals surface area contributed by atoms with E-state index in [1.54, 1.807) is 7.05 Å². The van der Waals surface area contributed by atoms with Crippen LogP contribution in [0.25, 0.3) is 0 Å². The summed E-state index contributed by atoms with van der Waals surface area (Å²) in [5, 5.41) is 8.59. The molecule has 3 N–H and O–H groups in total. The van der Waals surface area contributed by atoms with Crippen molar-refractivity contribution in [2.24, 2.45) is 0 Å². The maximum Gasteiger partial charge on any atom is 0.221 e. The van der Waals surface area contributed by atoms with Crippen LogP contribution in [0.15, 0.2) is 0 Å². The van der Waals surface area contributed by atoms with E-state index in [1.165, 1.54) is 12.8 Å². The van der Waals surface area contributed by atoms with Crippen LogP contribution in [0.4, 0.5) is 0 Å². The highest BCUT2D eigenvalue weighted by atomic mass is 16.2. The second kappa shape index (κ2) is 7.22. The Bertz CT molecular complexity index is 237. The third-order valence-electron chi connectivity index (χ3n) is 2.80. The van der Waals surface area contributed by atoms with Gasteiger partial charge in [-0.3, -0.25) is 9.59 Å². The van der Waals surface area contributed by atoms with Crippen LogP contribution in [0.1, 0.15) is 32.1 Å². The van der Waals surface area contributed by atoms with Gasteiger partial charge in [-0.1, -0.05) is 6.42 Å². The molecule has 0 aliphatic carbocycles. The largest absolute Gasteiger partial charge is 0.359 e. The summed E-state index contributed by atoms with van der Waals surface area (Å²) >= 11 is 0. The van der Waals surface area contributed by atoms with Gasteiger partial charge in [0.1, 0.15) is 0 Å². The van der Waals surface area contributed by atoms with Crippen LogP contribution < -0.4 is 16.0 Å². The van der Waals surface area contributed by atoms with Crippen molar-refractivity contribution >= 4 is 11.8 Å². The molecule has 0 aromatic heterocycles. The first kappa shape index (κ1) is 13.0. The van der Waals surface area contributed by atoms with Crippen molar-refractivity contribution in [3.8, 4) is 0 Å². The van der Waals surface area contributed by atoms with Crippen molar-refractivity contribution in [2.45, 2.75) is 38.1 Å². The molecule has 5 heteroatoms. The summed E-state index contributed by atoms with van der Waals surface area (Å²) in [4.78, 5) is 22.4. The summed E-state index contributed by atoms with van der Waals surface area (Å²) in [5.74, 6) is -0.0144. The van der Waals surface area contributed by atoms with E-state index in [-0.39, 0.29) is 11.8 Å². The number of carbonyl (C=O) groups is 2. The molecular weight excluding hydrogens is 206 g/mol. The van der Waals surface area contributed by atoms with Crippen LogP contribution in [0.2, 0.25) is 0 Å². The summed E-state index contributed by atoms with van der Waals surface area (Å²) in [6.45, 7) is 1.43. The van der Waals surface area contributed by atoms with E-state index in [4.69, 9.17) is 0 Å². The molecular formula is C11H21N3O2. The van der Waals surface area contributed by atoms with Crippen LogP contribution in [-0.2, 0) is 9.59 Å². The summed E-state index contributed by atoms with van der Waals surface area (Å²) in [7, 11) is 1.59. The Hall–Kier alpha value is -1.10. The van der Waals surface area contributed by atoms with Crippen molar-refractivity contribution in [1.82, 2.24) is 16.0 Å². The van der Waals surface area contributed by atoms with Crippen molar-refractivity contribution in [2.75, 3.05) is 20.1 Å². The first-order valence-corrected chi connectivity index (χ1v) is 5.93. The van der Waals surface area contributed by atoms with E-state index in [0.29, 0.717) is 25.4 Å². The first-order valence-electron chi connectivity index (χ1n) is 5.93. The maximum absolute atomic E-state index is 11.5. The van der Waals surface area contributed by atoms with Crippen molar-refractivity contribution in [3.63, 3.8) is 0 Å². The molecule has 16 heavy (non-hydrogen) atoms. The van der Waals surface area contributed by atoms with Crippen LogP contribution in [-0.4, -0.2) is 38.0 Å². The van der Waals surface area contributed by atoms with Crippen molar-refractivity contribution in [3.05, 3.63) is 0 Å². The van der Waals surface area contributed by atoms with E-state index >= 15 is 0 Å². The van der Waals surface area contributed by atoms with E-state index in [9.17, 15) is 9.59 Å². The molecule has 92 valence electrons. The molecule has 0 radical (unpaired) electrons. The Balaban J connectivity index is 2.08. The highest BCUT2D eigenvalue weighted by Crippen LogP contribution is 2.09. The Morgan fingerprint density at radius 3 is 2.75 bits per heavy atom. The van der Waals surface area contributed by atoms with E-state index < -0.39 is 0 Å². The SMILES string of the molecule is CNC(=O)CCNC(=O)CC1CCCCN1. The normalized spacial score (nSPS) is 20.2. The van der Waals surface area contributed by atoms with Gasteiger partial charge < -0.3 is 16.0 Å². The van der Waals surface area contributed by atoms with Gasteiger partial charge in [0.2, 0.25) is 11.8 Å². The average molecular weight is 227 g/mol. The van der Waals surface area contributed by atoms with Gasteiger partial charge in [0.25, 0.3) is 0 Å². The summed E-state index contributed by atoms with van der Waals surface area (Å²) in [6.07, 6.45) is 4.34. The van der Waals surface area contributed by atoms with Crippen LogP contribution >= 0.6 is 0 Å². The molecule has 1 rings (SSSR count). The van der Waals surface area contributed by atoms with Crippen LogP contribution in [0.3, 0.4) is 0 Å². The number of nitrogens with one attached hydrogen (secondary N) is 3. The number of amides is 2. The average Bonchev–Trinajstić information content (AvgIpc) is 2.30. The summed E-state index contributed by atoms with van der Waals surface area (Å²) < 4.78 is 0. The Kier molecular flexibility index (Phi) is 5.85. The third kappa shape index (κ3) is 5.11. The monoisotopic (exact) mass is 227 g/mol. The minimum absolute atomic E-state index is 0.0308.